The Labute approximate surface area is 446 Å². The second-order valence-corrected chi connectivity index (χ2v) is 19.8. The summed E-state index contributed by atoms with van der Waals surface area (Å²) in [5.41, 5.74) is 7.52. The molecule has 0 aromatic heterocycles. The van der Waals surface area contributed by atoms with Gasteiger partial charge in [-0.3, -0.25) is 0 Å². The van der Waals surface area contributed by atoms with Gasteiger partial charge in [-0.05, 0) is 190 Å². The Kier molecular flexibility index (Phi) is 29.5. The zero-order valence-electron chi connectivity index (χ0n) is 46.2. The van der Waals surface area contributed by atoms with Crippen molar-refractivity contribution in [3.8, 4) is 34.5 Å². The van der Waals surface area contributed by atoms with Crippen LogP contribution < -0.4 is 14.2 Å². The van der Waals surface area contributed by atoms with Crippen LogP contribution in [0.15, 0.2) is 146 Å². The fraction of sp³-hybridized carbons (Fsp3) is 0.446. The molecule has 0 aliphatic heterocycles. The number of aromatic hydroxyl groups is 3. The molecule has 0 aliphatic rings. The largest absolute Gasteiger partial charge is 0.508 e. The van der Waals surface area contributed by atoms with E-state index in [-0.39, 0.29) is 0 Å². The molecular weight excluding hydrogens is 919 g/mol. The highest BCUT2D eigenvalue weighted by Gasteiger charge is 2.11. The van der Waals surface area contributed by atoms with Gasteiger partial charge in [-0.15, -0.1) is 0 Å². The maximum Gasteiger partial charge on any atom is 0.119 e. The number of rotatable bonds is 31. The van der Waals surface area contributed by atoms with E-state index in [0.29, 0.717) is 23.2 Å². The third kappa shape index (κ3) is 25.8. The molecule has 9 heteroatoms. The third-order valence-corrected chi connectivity index (χ3v) is 13.4. The quantitative estimate of drug-likeness (QED) is 0.0368. The van der Waals surface area contributed by atoms with Gasteiger partial charge in [0.15, 0.2) is 0 Å². The molecule has 74 heavy (non-hydrogen) atoms. The molecule has 9 nitrogen and oxygen atoms in total. The molecule has 0 radical (unpaired) electrons. The Hall–Kier alpha value is -6.00. The van der Waals surface area contributed by atoms with Gasteiger partial charge in [0.1, 0.15) is 34.5 Å². The van der Waals surface area contributed by atoms with E-state index in [1.165, 1.54) is 71.9 Å². The van der Waals surface area contributed by atoms with Crippen LogP contribution in [-0.2, 0) is 38.5 Å². The molecule has 0 fully saturated rings. The van der Waals surface area contributed by atoms with Crippen molar-refractivity contribution in [3.63, 3.8) is 0 Å². The molecule has 0 amide bonds. The van der Waals surface area contributed by atoms with Crippen molar-refractivity contribution in [1.82, 2.24) is 14.7 Å². The maximum atomic E-state index is 9.63. The lowest BCUT2D eigenvalue weighted by molar-refractivity contribution is 0.263. The molecule has 6 aromatic carbocycles. The predicted octanol–water partition coefficient (Wildman–Crippen LogP) is 13.5. The summed E-state index contributed by atoms with van der Waals surface area (Å²) < 4.78 is 15.9. The summed E-state index contributed by atoms with van der Waals surface area (Å²) in [6, 6.07) is 47.8. The Morgan fingerprint density at radius 2 is 0.635 bits per heavy atom. The second-order valence-electron chi connectivity index (χ2n) is 19.8. The zero-order chi connectivity index (χ0) is 53.2. The molecule has 0 unspecified atom stereocenters. The molecule has 402 valence electrons. The van der Waals surface area contributed by atoms with Gasteiger partial charge in [0.25, 0.3) is 0 Å². The summed E-state index contributed by atoms with van der Waals surface area (Å²) in [4.78, 5) is 7.59. The highest BCUT2D eigenvalue weighted by atomic mass is 16.5. The molecule has 0 aliphatic carbocycles. The minimum Gasteiger partial charge on any atom is -0.508 e. The molecule has 0 saturated carbocycles. The number of phenolic OH excluding ortho intramolecular Hbond substituents is 3. The average Bonchev–Trinajstić information content (AvgIpc) is 3.41. The lowest BCUT2D eigenvalue weighted by Crippen LogP contribution is -2.30. The number of benzene rings is 6. The highest BCUT2D eigenvalue weighted by molar-refractivity contribution is 5.32. The predicted molar refractivity (Wildman–Crippen MR) is 309 cm³/mol. The van der Waals surface area contributed by atoms with Gasteiger partial charge in [-0.1, -0.05) is 120 Å². The number of hydrogen-bond donors (Lipinski definition) is 3. The number of hydrogen-bond acceptors (Lipinski definition) is 9. The van der Waals surface area contributed by atoms with Crippen molar-refractivity contribution in [2.24, 2.45) is 5.92 Å². The van der Waals surface area contributed by atoms with Crippen LogP contribution in [0.2, 0.25) is 0 Å². The van der Waals surface area contributed by atoms with Crippen molar-refractivity contribution >= 4 is 0 Å². The van der Waals surface area contributed by atoms with Crippen LogP contribution in [-0.4, -0.2) is 110 Å². The topological polar surface area (TPSA) is 98.1 Å². The number of unbranched alkanes of at least 4 members (excludes halogenated alkanes) is 3. The van der Waals surface area contributed by atoms with Crippen LogP contribution in [0.1, 0.15) is 99.6 Å². The van der Waals surface area contributed by atoms with E-state index in [1.54, 1.807) is 39.5 Å². The maximum absolute atomic E-state index is 9.63. The van der Waals surface area contributed by atoms with Gasteiger partial charge >= 0.3 is 0 Å². The van der Waals surface area contributed by atoms with Gasteiger partial charge in [-0.25, -0.2) is 0 Å². The van der Waals surface area contributed by atoms with Crippen LogP contribution in [0, 0.1) is 5.92 Å². The summed E-state index contributed by atoms with van der Waals surface area (Å²) in [6.07, 6.45) is 13.4. The monoisotopic (exact) mass is 1010 g/mol. The molecular formula is C65H91N3O6. The van der Waals surface area contributed by atoms with Crippen LogP contribution in [0.5, 0.6) is 34.5 Å². The van der Waals surface area contributed by atoms with Crippen LogP contribution in [0.4, 0.5) is 0 Å². The van der Waals surface area contributed by atoms with E-state index in [4.69, 9.17) is 14.2 Å². The van der Waals surface area contributed by atoms with Gasteiger partial charge in [0, 0.05) is 39.3 Å². The van der Waals surface area contributed by atoms with E-state index in [0.717, 1.165) is 115 Å². The highest BCUT2D eigenvalue weighted by Crippen LogP contribution is 2.19. The molecule has 0 heterocycles. The Balaban J connectivity index is 0.000000240. The van der Waals surface area contributed by atoms with Gasteiger partial charge in [-0.2, -0.15) is 0 Å². The minimum atomic E-state index is 0.350. The molecule has 0 atom stereocenters. The van der Waals surface area contributed by atoms with Crippen molar-refractivity contribution in [1.29, 1.82) is 0 Å². The van der Waals surface area contributed by atoms with Gasteiger partial charge in [0.05, 0.1) is 21.3 Å². The van der Waals surface area contributed by atoms with Crippen molar-refractivity contribution < 1.29 is 29.5 Å². The summed E-state index contributed by atoms with van der Waals surface area (Å²) in [7, 11) is 5.14. The molecule has 6 aromatic rings. The van der Waals surface area contributed by atoms with Crippen LogP contribution >= 0.6 is 0 Å². The van der Waals surface area contributed by atoms with E-state index in [2.05, 4.69) is 115 Å². The summed E-state index contributed by atoms with van der Waals surface area (Å²) in [5.74, 6) is 4.53. The first-order valence-corrected chi connectivity index (χ1v) is 27.4. The Morgan fingerprint density at radius 3 is 0.919 bits per heavy atom. The SMILES string of the molecule is CCCCCN(CCc1cccc(O)c1)CCc1cccc(OC)c1.CCCCN(CCc1cccc(O)c1)CCc1cccc(OC)c1.COc1cccc(CCN(CCc2cccc(O)c2)CCC(C)C)c1. The summed E-state index contributed by atoms with van der Waals surface area (Å²) >= 11 is 0. The van der Waals surface area contributed by atoms with Crippen molar-refractivity contribution in [3.05, 3.63) is 179 Å². The molecule has 3 N–H and O–H groups in total. The third-order valence-electron chi connectivity index (χ3n) is 13.4. The summed E-state index contributed by atoms with van der Waals surface area (Å²) in [6.45, 7) is 18.6. The number of ether oxygens (including phenoxy) is 3. The van der Waals surface area contributed by atoms with E-state index in [9.17, 15) is 15.3 Å². The molecule has 0 saturated heterocycles. The molecule has 0 spiro atoms. The standard InChI is InChI=1S/2C22H31NO2.C21H29NO2/c1-18(2)10-13-23(14-11-19-6-4-8-21(24)16-19)15-12-20-7-5-9-22(17-20)25-3;1-3-4-5-14-23(15-12-19-8-6-10-21(24)17-19)16-13-20-9-7-11-22(18-20)25-2;1-3-4-13-22(14-11-18-7-5-9-20(23)16-18)15-12-19-8-6-10-21(17-19)24-2/h4-9,16-18,24H,10-15H2,1-3H3;6-11,17-18,24H,3-5,12-16H2,1-2H3;5-10,16-17,23H,3-4,11-15H2,1-2H3. The number of methoxy groups -OCH3 is 3. The Morgan fingerprint density at radius 1 is 0.351 bits per heavy atom. The minimum absolute atomic E-state index is 0.350. The number of nitrogens with zero attached hydrogens (tertiary/aromatic N) is 3. The first-order valence-electron chi connectivity index (χ1n) is 27.4. The zero-order valence-corrected chi connectivity index (χ0v) is 46.2. The van der Waals surface area contributed by atoms with E-state index >= 15 is 0 Å². The van der Waals surface area contributed by atoms with Crippen molar-refractivity contribution in [2.75, 3.05) is 80.2 Å². The summed E-state index contributed by atoms with van der Waals surface area (Å²) in [5, 5.41) is 28.9. The van der Waals surface area contributed by atoms with Gasteiger partial charge < -0.3 is 44.2 Å². The molecule has 0 bridgehead atoms. The van der Waals surface area contributed by atoms with E-state index in [1.807, 2.05) is 54.6 Å². The smallest absolute Gasteiger partial charge is 0.119 e. The average molecular weight is 1010 g/mol. The van der Waals surface area contributed by atoms with Crippen molar-refractivity contribution in [2.45, 2.75) is 105 Å². The second kappa shape index (κ2) is 36.0. The first-order chi connectivity index (χ1) is 36.0. The Bertz CT molecular complexity index is 2410. The van der Waals surface area contributed by atoms with E-state index < -0.39 is 0 Å². The lowest BCUT2D eigenvalue weighted by Gasteiger charge is -2.23. The number of phenols is 3. The normalized spacial score (nSPS) is 11.1. The molecule has 6 rings (SSSR count). The van der Waals surface area contributed by atoms with Gasteiger partial charge in [0.2, 0.25) is 0 Å². The first kappa shape index (κ1) is 60.6. The van der Waals surface area contributed by atoms with Crippen LogP contribution in [0.25, 0.3) is 0 Å². The lowest BCUT2D eigenvalue weighted by atomic mass is 10.1. The van der Waals surface area contributed by atoms with Crippen LogP contribution in [0.3, 0.4) is 0 Å². The fourth-order valence-electron chi connectivity index (χ4n) is 8.76. The fourth-order valence-corrected chi connectivity index (χ4v) is 8.76.